The number of para-hydroxylation sites is 2. The Bertz CT molecular complexity index is 1100. The standard InChI is InChI=1S/C28H42N4O5/c1-19(2)16-32(21-15-20(24(33)28(3,4)5)17-30(18-21)27(35)36)26(34)25-29-22-11-7-8-12-23(22)31(25)13-9-10-14-37-6/h7-8,11-12,19-21H,9-10,13-18H2,1-6H3,(H,35,36)/t20-,21+/m1/s1. The van der Waals surface area contributed by atoms with Crippen molar-refractivity contribution < 1.29 is 24.2 Å². The number of rotatable bonds is 10. The number of aromatic nitrogens is 2. The number of ketones is 1. The van der Waals surface area contributed by atoms with Gasteiger partial charge in [-0.05, 0) is 37.3 Å². The predicted octanol–water partition coefficient (Wildman–Crippen LogP) is 4.54. The van der Waals surface area contributed by atoms with E-state index >= 15 is 0 Å². The van der Waals surface area contributed by atoms with Crippen molar-refractivity contribution in [2.24, 2.45) is 17.3 Å². The molecule has 2 atom stereocenters. The lowest BCUT2D eigenvalue weighted by molar-refractivity contribution is -0.132. The summed E-state index contributed by atoms with van der Waals surface area (Å²) in [6.07, 6.45) is 1.06. The molecule has 0 aliphatic carbocycles. The maximum atomic E-state index is 14.2. The number of aryl methyl sites for hydroxylation is 1. The number of carbonyl (C=O) groups excluding carboxylic acids is 2. The van der Waals surface area contributed by atoms with Crippen LogP contribution in [0, 0.1) is 17.3 Å². The van der Waals surface area contributed by atoms with E-state index in [1.165, 1.54) is 4.90 Å². The van der Waals surface area contributed by atoms with Crippen LogP contribution in [0.15, 0.2) is 24.3 Å². The summed E-state index contributed by atoms with van der Waals surface area (Å²) in [5.41, 5.74) is 1.04. The average Bonchev–Trinajstić information content (AvgIpc) is 3.21. The van der Waals surface area contributed by atoms with E-state index in [4.69, 9.17) is 9.72 Å². The number of amides is 2. The van der Waals surface area contributed by atoms with Crippen LogP contribution in [0.4, 0.5) is 4.79 Å². The second-order valence-electron chi connectivity index (χ2n) is 11.5. The molecule has 9 heteroatoms. The van der Waals surface area contributed by atoms with Crippen LogP contribution in [0.2, 0.25) is 0 Å². The maximum absolute atomic E-state index is 14.2. The van der Waals surface area contributed by atoms with Gasteiger partial charge in [0.1, 0.15) is 5.78 Å². The van der Waals surface area contributed by atoms with Crippen molar-refractivity contribution in [2.75, 3.05) is 33.4 Å². The Morgan fingerprint density at radius 2 is 1.86 bits per heavy atom. The molecule has 204 valence electrons. The number of fused-ring (bicyclic) bond motifs is 1. The Hall–Kier alpha value is -2.94. The number of piperidine rings is 1. The van der Waals surface area contributed by atoms with Gasteiger partial charge >= 0.3 is 6.09 Å². The zero-order chi connectivity index (χ0) is 27.3. The number of methoxy groups -OCH3 is 1. The van der Waals surface area contributed by atoms with Crippen molar-refractivity contribution in [3.8, 4) is 0 Å². The largest absolute Gasteiger partial charge is 0.465 e. The van der Waals surface area contributed by atoms with Crippen LogP contribution >= 0.6 is 0 Å². The number of nitrogens with zero attached hydrogens (tertiary/aromatic N) is 4. The van der Waals surface area contributed by atoms with Crippen LogP contribution in [0.1, 0.15) is 64.5 Å². The van der Waals surface area contributed by atoms with E-state index in [9.17, 15) is 19.5 Å². The van der Waals surface area contributed by atoms with Gasteiger partial charge in [-0.25, -0.2) is 9.78 Å². The Kier molecular flexibility index (Phi) is 9.34. The highest BCUT2D eigenvalue weighted by molar-refractivity contribution is 5.95. The molecule has 2 aromatic rings. The predicted molar refractivity (Wildman–Crippen MR) is 143 cm³/mol. The van der Waals surface area contributed by atoms with Crippen LogP contribution in [0.25, 0.3) is 11.0 Å². The summed E-state index contributed by atoms with van der Waals surface area (Å²) in [6, 6.07) is 7.28. The van der Waals surface area contributed by atoms with Gasteiger partial charge in [-0.15, -0.1) is 0 Å². The molecule has 9 nitrogen and oxygen atoms in total. The number of benzene rings is 1. The minimum absolute atomic E-state index is 0.0192. The minimum atomic E-state index is -1.07. The second-order valence-corrected chi connectivity index (χ2v) is 11.5. The highest BCUT2D eigenvalue weighted by atomic mass is 16.5. The molecule has 1 fully saturated rings. The molecule has 1 aromatic heterocycles. The fourth-order valence-corrected chi connectivity index (χ4v) is 5.16. The van der Waals surface area contributed by atoms with Crippen LogP contribution in [-0.4, -0.2) is 81.6 Å². The molecule has 3 rings (SSSR count). The first kappa shape index (κ1) is 28.6. The first-order valence-electron chi connectivity index (χ1n) is 13.2. The summed E-state index contributed by atoms with van der Waals surface area (Å²) in [7, 11) is 1.67. The van der Waals surface area contributed by atoms with E-state index in [0.29, 0.717) is 31.9 Å². The molecule has 0 unspecified atom stereocenters. The van der Waals surface area contributed by atoms with Crippen molar-refractivity contribution in [2.45, 2.75) is 66.5 Å². The van der Waals surface area contributed by atoms with Crippen molar-refractivity contribution in [3.05, 3.63) is 30.1 Å². The zero-order valence-electron chi connectivity index (χ0n) is 23.1. The topological polar surface area (TPSA) is 105 Å². The highest BCUT2D eigenvalue weighted by Gasteiger charge is 2.41. The van der Waals surface area contributed by atoms with Gasteiger partial charge in [-0.1, -0.05) is 46.8 Å². The molecule has 0 spiro atoms. The van der Waals surface area contributed by atoms with Crippen LogP contribution < -0.4 is 0 Å². The van der Waals surface area contributed by atoms with Gasteiger partial charge < -0.3 is 24.2 Å². The van der Waals surface area contributed by atoms with E-state index < -0.39 is 23.5 Å². The van der Waals surface area contributed by atoms with Gasteiger partial charge in [0.05, 0.1) is 17.1 Å². The third kappa shape index (κ3) is 6.89. The van der Waals surface area contributed by atoms with Gasteiger partial charge in [-0.3, -0.25) is 9.59 Å². The number of Topliss-reactive ketones (excluding diaryl/α,β-unsaturated/α-hetero) is 1. The van der Waals surface area contributed by atoms with Crippen LogP contribution in [0.3, 0.4) is 0 Å². The molecule has 1 aliphatic rings. The smallest absolute Gasteiger partial charge is 0.407 e. The number of hydrogen-bond donors (Lipinski definition) is 1. The van der Waals surface area contributed by atoms with Crippen molar-refractivity contribution in [3.63, 3.8) is 0 Å². The minimum Gasteiger partial charge on any atom is -0.465 e. The summed E-state index contributed by atoms with van der Waals surface area (Å²) in [4.78, 5) is 47.2. The summed E-state index contributed by atoms with van der Waals surface area (Å²) >= 11 is 0. The lowest BCUT2D eigenvalue weighted by Gasteiger charge is -2.43. The lowest BCUT2D eigenvalue weighted by atomic mass is 9.78. The zero-order valence-corrected chi connectivity index (χ0v) is 23.1. The van der Waals surface area contributed by atoms with E-state index in [-0.39, 0.29) is 30.7 Å². The van der Waals surface area contributed by atoms with Crippen LogP contribution in [-0.2, 0) is 16.1 Å². The molecule has 37 heavy (non-hydrogen) atoms. The molecule has 0 bridgehead atoms. The maximum Gasteiger partial charge on any atom is 0.407 e. The second kappa shape index (κ2) is 12.1. The summed E-state index contributed by atoms with van der Waals surface area (Å²) in [6.45, 7) is 11.7. The Morgan fingerprint density at radius 3 is 2.49 bits per heavy atom. The normalized spacial score (nSPS) is 18.4. The number of unbranched alkanes of at least 4 members (excludes halogenated alkanes) is 1. The van der Waals surface area contributed by atoms with Gasteiger partial charge in [0.25, 0.3) is 5.91 Å². The Labute approximate surface area is 219 Å². The quantitative estimate of drug-likeness (QED) is 0.467. The van der Waals surface area contributed by atoms with Gasteiger partial charge in [0.15, 0.2) is 5.82 Å². The Balaban J connectivity index is 1.99. The van der Waals surface area contributed by atoms with E-state index in [2.05, 4.69) is 0 Å². The fourth-order valence-electron chi connectivity index (χ4n) is 5.16. The van der Waals surface area contributed by atoms with Gasteiger partial charge in [0.2, 0.25) is 0 Å². The first-order valence-corrected chi connectivity index (χ1v) is 13.2. The third-order valence-corrected chi connectivity index (χ3v) is 6.90. The van der Waals surface area contributed by atoms with Crippen molar-refractivity contribution in [1.82, 2.24) is 19.4 Å². The van der Waals surface area contributed by atoms with Crippen molar-refractivity contribution >= 4 is 28.8 Å². The molecular weight excluding hydrogens is 472 g/mol. The highest BCUT2D eigenvalue weighted by Crippen LogP contribution is 2.30. The van der Waals surface area contributed by atoms with E-state index in [1.807, 2.05) is 63.5 Å². The molecule has 1 saturated heterocycles. The first-order chi connectivity index (χ1) is 17.4. The molecule has 2 heterocycles. The molecule has 1 aliphatic heterocycles. The number of imidazole rings is 1. The summed E-state index contributed by atoms with van der Waals surface area (Å²) in [5, 5.41) is 9.84. The third-order valence-electron chi connectivity index (χ3n) is 6.90. The van der Waals surface area contributed by atoms with Gasteiger partial charge in [-0.2, -0.15) is 0 Å². The number of carboxylic acid groups (broad SMARTS) is 1. The molecule has 1 aromatic carbocycles. The number of hydrogen-bond acceptors (Lipinski definition) is 5. The monoisotopic (exact) mass is 514 g/mol. The van der Waals surface area contributed by atoms with E-state index in [1.54, 1.807) is 12.0 Å². The average molecular weight is 515 g/mol. The fraction of sp³-hybridized carbons (Fsp3) is 0.643. The summed E-state index contributed by atoms with van der Waals surface area (Å²) < 4.78 is 7.16. The van der Waals surface area contributed by atoms with Crippen molar-refractivity contribution in [1.29, 1.82) is 0 Å². The Morgan fingerprint density at radius 1 is 1.16 bits per heavy atom. The molecular formula is C28H42N4O5. The van der Waals surface area contributed by atoms with Gasteiger partial charge in [0, 0.05) is 51.2 Å². The molecule has 1 N–H and O–H groups in total. The molecule has 0 saturated carbocycles. The number of likely N-dealkylation sites (tertiary alicyclic amines) is 1. The van der Waals surface area contributed by atoms with E-state index in [0.717, 1.165) is 23.9 Å². The molecule has 0 radical (unpaired) electrons. The summed E-state index contributed by atoms with van der Waals surface area (Å²) in [5.74, 6) is -0.169. The number of ether oxygens (including phenoxy) is 1. The lowest BCUT2D eigenvalue weighted by Crippen LogP contribution is -2.57. The SMILES string of the molecule is COCCCCn1c(C(=O)N(CC(C)C)[C@H]2C[C@@H](C(=O)C(C)(C)C)CN(C(=O)O)C2)nc2ccccc21. The number of carbonyl (C=O) groups is 3. The van der Waals surface area contributed by atoms with Crippen LogP contribution in [0.5, 0.6) is 0 Å². The molecule has 2 amide bonds.